The third-order valence-electron chi connectivity index (χ3n) is 3.77. The lowest BCUT2D eigenvalue weighted by Crippen LogP contribution is -2.16. The highest BCUT2D eigenvalue weighted by Gasteiger charge is 2.10. The molecular formula is C17H15FN2O3S. The Hall–Kier alpha value is -2.51. The summed E-state index contributed by atoms with van der Waals surface area (Å²) < 4.78 is 39.0. The number of nitrogens with one attached hydrogen (secondary N) is 1. The number of aryl methyl sites for hydroxylation is 1. The molecular weight excluding hydrogens is 331 g/mol. The maximum atomic E-state index is 14.0. The van der Waals surface area contributed by atoms with E-state index in [0.717, 1.165) is 5.39 Å². The van der Waals surface area contributed by atoms with Gasteiger partial charge in [0.2, 0.25) is 10.9 Å². The quantitative estimate of drug-likeness (QED) is 0.710. The first-order valence-corrected chi connectivity index (χ1v) is 8.39. The Balaban J connectivity index is 2.21. The average molecular weight is 346 g/mol. The summed E-state index contributed by atoms with van der Waals surface area (Å²) in [6.45, 7) is 0.00710. The van der Waals surface area contributed by atoms with Gasteiger partial charge in [-0.05, 0) is 40.8 Å². The molecule has 5 nitrogen and oxygen atoms in total. The van der Waals surface area contributed by atoms with Crippen LogP contribution in [0.3, 0.4) is 0 Å². The number of benzene rings is 2. The number of nitrogens with zero attached hydrogens (tertiary/aromatic N) is 1. The number of thiol groups is 1. The lowest BCUT2D eigenvalue weighted by Gasteiger charge is -2.11. The highest BCUT2D eigenvalue weighted by atomic mass is 32.2. The SMILES string of the molecule is Cn1cc(-c2cc(F)cc(CN[SH](=O)=O)c2)c2ccccc2c1=O. The lowest BCUT2D eigenvalue weighted by molar-refractivity contribution is 0.600. The molecule has 1 aromatic heterocycles. The van der Waals surface area contributed by atoms with Crippen LogP contribution in [-0.4, -0.2) is 13.0 Å². The van der Waals surface area contributed by atoms with Gasteiger partial charge < -0.3 is 4.57 Å². The first kappa shape index (κ1) is 16.4. The fourth-order valence-corrected chi connectivity index (χ4v) is 3.02. The minimum atomic E-state index is -2.75. The van der Waals surface area contributed by atoms with E-state index in [0.29, 0.717) is 22.1 Å². The van der Waals surface area contributed by atoms with Gasteiger partial charge in [-0.3, -0.25) is 4.79 Å². The zero-order valence-corrected chi connectivity index (χ0v) is 13.7. The zero-order valence-electron chi connectivity index (χ0n) is 12.8. The molecule has 1 heterocycles. The van der Waals surface area contributed by atoms with Crippen molar-refractivity contribution in [3.05, 3.63) is 70.4 Å². The van der Waals surface area contributed by atoms with Crippen LogP contribution in [0.4, 0.5) is 4.39 Å². The Morgan fingerprint density at radius 1 is 1.12 bits per heavy atom. The van der Waals surface area contributed by atoms with Crippen LogP contribution in [0.5, 0.6) is 0 Å². The zero-order chi connectivity index (χ0) is 17.3. The Morgan fingerprint density at radius 3 is 2.54 bits per heavy atom. The smallest absolute Gasteiger partial charge is 0.258 e. The van der Waals surface area contributed by atoms with Gasteiger partial charge >= 0.3 is 0 Å². The van der Waals surface area contributed by atoms with Crippen molar-refractivity contribution in [2.24, 2.45) is 7.05 Å². The molecule has 1 N–H and O–H groups in total. The summed E-state index contributed by atoms with van der Waals surface area (Å²) in [4.78, 5) is 12.2. The summed E-state index contributed by atoms with van der Waals surface area (Å²) in [5, 5.41) is 1.27. The van der Waals surface area contributed by atoms with Gasteiger partial charge in [-0.15, -0.1) is 0 Å². The minimum Gasteiger partial charge on any atom is -0.317 e. The van der Waals surface area contributed by atoms with Crippen molar-refractivity contribution in [1.82, 2.24) is 9.29 Å². The van der Waals surface area contributed by atoms with E-state index in [1.807, 2.05) is 12.1 Å². The molecule has 0 bridgehead atoms. The molecule has 0 spiro atoms. The fraction of sp³-hybridized carbons (Fsp3) is 0.118. The first-order chi connectivity index (χ1) is 11.5. The van der Waals surface area contributed by atoms with Crippen molar-refractivity contribution in [2.45, 2.75) is 6.54 Å². The van der Waals surface area contributed by atoms with Crippen LogP contribution in [-0.2, 0) is 24.5 Å². The van der Waals surface area contributed by atoms with Crippen molar-refractivity contribution < 1.29 is 12.8 Å². The van der Waals surface area contributed by atoms with Gasteiger partial charge in [-0.25, -0.2) is 17.5 Å². The largest absolute Gasteiger partial charge is 0.317 e. The maximum Gasteiger partial charge on any atom is 0.258 e. The molecule has 0 amide bonds. The molecule has 0 atom stereocenters. The summed E-state index contributed by atoms with van der Waals surface area (Å²) >= 11 is 0. The number of fused-ring (bicyclic) bond motifs is 1. The number of hydrogen-bond acceptors (Lipinski definition) is 3. The van der Waals surface area contributed by atoms with Gasteiger partial charge in [0.1, 0.15) is 5.82 Å². The van der Waals surface area contributed by atoms with E-state index in [2.05, 4.69) is 4.72 Å². The molecule has 0 saturated heterocycles. The molecule has 3 aromatic rings. The number of hydrogen-bond donors (Lipinski definition) is 2. The molecule has 0 saturated carbocycles. The molecule has 24 heavy (non-hydrogen) atoms. The van der Waals surface area contributed by atoms with Gasteiger partial charge in [0.25, 0.3) is 5.56 Å². The molecule has 0 aliphatic carbocycles. The Kier molecular flexibility index (Phi) is 4.46. The molecule has 124 valence electrons. The Morgan fingerprint density at radius 2 is 1.83 bits per heavy atom. The second-order valence-electron chi connectivity index (χ2n) is 5.44. The van der Waals surface area contributed by atoms with Gasteiger partial charge in [0.05, 0.1) is 0 Å². The van der Waals surface area contributed by atoms with Crippen molar-refractivity contribution in [1.29, 1.82) is 0 Å². The van der Waals surface area contributed by atoms with E-state index >= 15 is 0 Å². The minimum absolute atomic E-state index is 0.00710. The summed E-state index contributed by atoms with van der Waals surface area (Å²) in [6.07, 6.45) is 1.66. The predicted molar refractivity (Wildman–Crippen MR) is 91.7 cm³/mol. The van der Waals surface area contributed by atoms with Crippen LogP contribution in [0.25, 0.3) is 21.9 Å². The van der Waals surface area contributed by atoms with E-state index in [9.17, 15) is 17.6 Å². The van der Waals surface area contributed by atoms with E-state index in [1.165, 1.54) is 16.7 Å². The summed E-state index contributed by atoms with van der Waals surface area (Å²) in [7, 11) is -1.11. The van der Waals surface area contributed by atoms with Gasteiger partial charge in [0, 0.05) is 30.7 Å². The fourth-order valence-electron chi connectivity index (χ4n) is 2.71. The molecule has 3 rings (SSSR count). The van der Waals surface area contributed by atoms with E-state index in [4.69, 9.17) is 0 Å². The van der Waals surface area contributed by atoms with Gasteiger partial charge in [0.15, 0.2) is 0 Å². The third-order valence-corrected chi connectivity index (χ3v) is 4.19. The monoisotopic (exact) mass is 346 g/mol. The number of rotatable bonds is 4. The van der Waals surface area contributed by atoms with Crippen LogP contribution < -0.4 is 10.3 Å². The molecule has 0 aliphatic rings. The summed E-state index contributed by atoms with van der Waals surface area (Å²) in [6, 6.07) is 11.5. The van der Waals surface area contributed by atoms with Crippen LogP contribution in [0.1, 0.15) is 5.56 Å². The lowest BCUT2D eigenvalue weighted by atomic mass is 9.99. The van der Waals surface area contributed by atoms with E-state index in [-0.39, 0.29) is 12.1 Å². The highest BCUT2D eigenvalue weighted by molar-refractivity contribution is 7.70. The number of pyridine rings is 1. The van der Waals surface area contributed by atoms with Crippen molar-refractivity contribution in [2.75, 3.05) is 0 Å². The molecule has 2 aromatic carbocycles. The Labute approximate surface area is 139 Å². The van der Waals surface area contributed by atoms with Crippen LogP contribution in [0.2, 0.25) is 0 Å². The predicted octanol–water partition coefficient (Wildman–Crippen LogP) is 1.96. The van der Waals surface area contributed by atoms with Gasteiger partial charge in [-0.1, -0.05) is 18.2 Å². The van der Waals surface area contributed by atoms with Crippen LogP contribution >= 0.6 is 0 Å². The molecule has 0 fully saturated rings. The van der Waals surface area contributed by atoms with Crippen molar-refractivity contribution in [3.8, 4) is 11.1 Å². The van der Waals surface area contributed by atoms with Gasteiger partial charge in [-0.2, -0.15) is 0 Å². The summed E-state index contributed by atoms with van der Waals surface area (Å²) in [5.41, 5.74) is 1.66. The second kappa shape index (κ2) is 6.54. The van der Waals surface area contributed by atoms with E-state index < -0.39 is 16.7 Å². The number of halogens is 1. The number of aromatic nitrogens is 1. The van der Waals surface area contributed by atoms with E-state index in [1.54, 1.807) is 31.4 Å². The third kappa shape index (κ3) is 3.22. The highest BCUT2D eigenvalue weighted by Crippen LogP contribution is 2.28. The summed E-state index contributed by atoms with van der Waals surface area (Å²) in [5.74, 6) is -0.469. The Bertz CT molecular complexity index is 1050. The topological polar surface area (TPSA) is 68.2 Å². The molecule has 0 aliphatic heterocycles. The van der Waals surface area contributed by atoms with Crippen LogP contribution in [0, 0.1) is 5.82 Å². The normalized spacial score (nSPS) is 11.3. The standard InChI is InChI=1S/C17H15FN2O3S/c1-20-10-16(14-4-2-3-5-15(14)17(20)21)12-6-11(7-13(18)8-12)9-19-24(22)23/h2-8,10,24H,9H2,1H3,(H,19,22,23). The molecule has 7 heteroatoms. The molecule has 0 unspecified atom stereocenters. The molecule has 0 radical (unpaired) electrons. The van der Waals surface area contributed by atoms with Crippen molar-refractivity contribution in [3.63, 3.8) is 0 Å². The second-order valence-corrected chi connectivity index (χ2v) is 6.28. The van der Waals surface area contributed by atoms with Crippen LogP contribution in [0.15, 0.2) is 53.5 Å². The van der Waals surface area contributed by atoms with Crippen molar-refractivity contribution >= 4 is 21.7 Å². The first-order valence-electron chi connectivity index (χ1n) is 7.22. The average Bonchev–Trinajstić information content (AvgIpc) is 2.56. The maximum absolute atomic E-state index is 14.0.